The Morgan fingerprint density at radius 1 is 1.35 bits per heavy atom. The van der Waals surface area contributed by atoms with E-state index in [1.807, 2.05) is 6.92 Å². The Hall–Kier alpha value is -0.740. The third-order valence-corrected chi connectivity index (χ3v) is 3.61. The number of hydrogen-bond donors (Lipinski definition) is 1. The summed E-state index contributed by atoms with van der Waals surface area (Å²) in [4.78, 5) is 7.95. The fourth-order valence-corrected chi connectivity index (χ4v) is 2.71. The third-order valence-electron chi connectivity index (χ3n) is 3.27. The molecule has 2 rings (SSSR count). The van der Waals surface area contributed by atoms with Crippen LogP contribution in [-0.4, -0.2) is 16.6 Å². The zero-order chi connectivity index (χ0) is 12.3. The van der Waals surface area contributed by atoms with Gasteiger partial charge in [0.25, 0.3) is 0 Å². The molecule has 0 saturated carbocycles. The molecule has 1 atom stereocenters. The van der Waals surface area contributed by atoms with Crippen molar-refractivity contribution in [2.45, 2.75) is 52.1 Å². The molecule has 0 saturated heterocycles. The number of nitrogens with one attached hydrogen (secondary N) is 1. The number of fused-ring (bicyclic) bond motifs is 1. The van der Waals surface area contributed by atoms with Crippen LogP contribution in [0.3, 0.4) is 0 Å². The highest BCUT2D eigenvalue weighted by Gasteiger charge is 2.17. The number of hydrogen-bond acceptors (Lipinski definition) is 3. The van der Waals surface area contributed by atoms with Gasteiger partial charge in [-0.05, 0) is 39.0 Å². The number of aromatic amines is 1. The van der Waals surface area contributed by atoms with Gasteiger partial charge in [-0.15, -0.1) is 0 Å². The van der Waals surface area contributed by atoms with Crippen LogP contribution >= 0.6 is 12.2 Å². The molecule has 1 heterocycles. The number of aryl methyl sites for hydroxylation is 1. The Labute approximate surface area is 108 Å². The van der Waals surface area contributed by atoms with Crippen LogP contribution in [0.15, 0.2) is 0 Å². The average Bonchev–Trinajstić information content (AvgIpc) is 2.36. The molecule has 0 fully saturated rings. The van der Waals surface area contributed by atoms with Crippen LogP contribution in [0.1, 0.15) is 56.3 Å². The van der Waals surface area contributed by atoms with Crippen molar-refractivity contribution in [1.29, 1.82) is 0 Å². The second kappa shape index (κ2) is 5.74. The van der Waals surface area contributed by atoms with Gasteiger partial charge >= 0.3 is 0 Å². The van der Waals surface area contributed by atoms with Crippen molar-refractivity contribution in [2.75, 3.05) is 6.61 Å². The Bertz CT molecular complexity index is 442. The highest BCUT2D eigenvalue weighted by molar-refractivity contribution is 7.71. The van der Waals surface area contributed by atoms with Crippen molar-refractivity contribution < 1.29 is 4.74 Å². The van der Waals surface area contributed by atoms with Crippen LogP contribution in [0.2, 0.25) is 0 Å². The fraction of sp³-hybridized carbons (Fsp3) is 0.692. The summed E-state index contributed by atoms with van der Waals surface area (Å²) in [6.07, 6.45) is 5.61. The van der Waals surface area contributed by atoms with E-state index < -0.39 is 0 Å². The van der Waals surface area contributed by atoms with Crippen molar-refractivity contribution in [1.82, 2.24) is 9.97 Å². The van der Waals surface area contributed by atoms with Gasteiger partial charge in [0, 0.05) is 17.9 Å². The van der Waals surface area contributed by atoms with E-state index in [4.69, 9.17) is 17.0 Å². The van der Waals surface area contributed by atoms with Gasteiger partial charge in [0.05, 0.1) is 0 Å². The van der Waals surface area contributed by atoms with E-state index in [2.05, 4.69) is 16.9 Å². The van der Waals surface area contributed by atoms with E-state index in [9.17, 15) is 0 Å². The van der Waals surface area contributed by atoms with E-state index in [0.717, 1.165) is 29.7 Å². The molecule has 0 spiro atoms. The summed E-state index contributed by atoms with van der Waals surface area (Å²) in [5.74, 6) is 0.903. The summed E-state index contributed by atoms with van der Waals surface area (Å²) in [6.45, 7) is 4.83. The molecule has 1 aromatic heterocycles. The highest BCUT2D eigenvalue weighted by atomic mass is 32.1. The molecule has 1 aromatic rings. The van der Waals surface area contributed by atoms with Gasteiger partial charge in [-0.1, -0.05) is 19.1 Å². The summed E-state index contributed by atoms with van der Waals surface area (Å²) in [6, 6.07) is 0. The van der Waals surface area contributed by atoms with Crippen LogP contribution in [0.4, 0.5) is 0 Å². The molecule has 0 aromatic carbocycles. The van der Waals surface area contributed by atoms with E-state index in [-0.39, 0.29) is 6.10 Å². The number of ether oxygens (including phenoxy) is 1. The quantitative estimate of drug-likeness (QED) is 0.833. The van der Waals surface area contributed by atoms with E-state index in [1.165, 1.54) is 24.1 Å². The molecule has 4 heteroatoms. The lowest BCUT2D eigenvalue weighted by molar-refractivity contribution is 0.0531. The number of nitrogens with zero attached hydrogens (tertiary/aromatic N) is 1. The molecule has 0 aliphatic heterocycles. The molecule has 0 bridgehead atoms. The van der Waals surface area contributed by atoms with E-state index in [0.29, 0.717) is 6.61 Å². The Morgan fingerprint density at radius 3 is 2.82 bits per heavy atom. The van der Waals surface area contributed by atoms with Gasteiger partial charge in [0.1, 0.15) is 16.6 Å². The second-order valence-corrected chi connectivity index (χ2v) is 4.83. The smallest absolute Gasteiger partial charge is 0.137 e. The first-order valence-electron chi connectivity index (χ1n) is 6.49. The van der Waals surface area contributed by atoms with Gasteiger partial charge in [-0.2, -0.15) is 0 Å². The van der Waals surface area contributed by atoms with Crippen molar-refractivity contribution in [2.24, 2.45) is 0 Å². The predicted molar refractivity (Wildman–Crippen MR) is 70.7 cm³/mol. The minimum atomic E-state index is 0.0499. The highest BCUT2D eigenvalue weighted by Crippen LogP contribution is 2.23. The van der Waals surface area contributed by atoms with Crippen LogP contribution in [0.5, 0.6) is 0 Å². The number of rotatable bonds is 4. The van der Waals surface area contributed by atoms with Crippen molar-refractivity contribution in [3.63, 3.8) is 0 Å². The maximum absolute atomic E-state index is 5.68. The predicted octanol–water partition coefficient (Wildman–Crippen LogP) is 3.51. The van der Waals surface area contributed by atoms with Gasteiger partial charge < -0.3 is 9.72 Å². The minimum absolute atomic E-state index is 0.0499. The van der Waals surface area contributed by atoms with Gasteiger partial charge in [0.15, 0.2) is 0 Å². The van der Waals surface area contributed by atoms with Crippen LogP contribution < -0.4 is 0 Å². The molecule has 1 aliphatic carbocycles. The standard InChI is InChI=1S/C13H20N2OS/c1-3-11(16-4-2)12-14-10-8-6-5-7-9(10)13(17)15-12/h11H,3-8H2,1-2H3,(H,14,15,17). The zero-order valence-corrected chi connectivity index (χ0v) is 11.4. The van der Waals surface area contributed by atoms with Gasteiger partial charge in [0.2, 0.25) is 0 Å². The Morgan fingerprint density at radius 2 is 2.12 bits per heavy atom. The zero-order valence-electron chi connectivity index (χ0n) is 10.6. The summed E-state index contributed by atoms with van der Waals surface area (Å²) < 4.78 is 6.45. The van der Waals surface area contributed by atoms with Crippen LogP contribution in [0, 0.1) is 4.64 Å². The molecule has 3 nitrogen and oxygen atoms in total. The van der Waals surface area contributed by atoms with E-state index >= 15 is 0 Å². The normalized spacial score (nSPS) is 16.6. The lowest BCUT2D eigenvalue weighted by Gasteiger charge is -2.20. The lowest BCUT2D eigenvalue weighted by Crippen LogP contribution is -2.14. The van der Waals surface area contributed by atoms with Crippen molar-refractivity contribution in [3.05, 3.63) is 21.7 Å². The molecular formula is C13H20N2OS. The molecule has 1 unspecified atom stereocenters. The first-order valence-corrected chi connectivity index (χ1v) is 6.90. The Kier molecular flexibility index (Phi) is 4.29. The van der Waals surface area contributed by atoms with Crippen molar-refractivity contribution in [3.8, 4) is 0 Å². The summed E-state index contributed by atoms with van der Waals surface area (Å²) in [5.41, 5.74) is 2.53. The monoisotopic (exact) mass is 252 g/mol. The molecule has 1 aliphatic rings. The Balaban J connectivity index is 2.36. The first-order chi connectivity index (χ1) is 8.26. The SMILES string of the molecule is CCOC(CC)c1nc(=S)c2c([nH]1)CCCC2. The second-order valence-electron chi connectivity index (χ2n) is 4.44. The summed E-state index contributed by atoms with van der Waals surface area (Å²) in [7, 11) is 0. The molecule has 94 valence electrons. The maximum Gasteiger partial charge on any atom is 0.137 e. The lowest BCUT2D eigenvalue weighted by atomic mass is 9.97. The summed E-state index contributed by atoms with van der Waals surface area (Å²) in [5, 5.41) is 0. The van der Waals surface area contributed by atoms with E-state index in [1.54, 1.807) is 0 Å². The topological polar surface area (TPSA) is 37.9 Å². The average molecular weight is 252 g/mol. The minimum Gasteiger partial charge on any atom is -0.371 e. The molecule has 17 heavy (non-hydrogen) atoms. The van der Waals surface area contributed by atoms with Gasteiger partial charge in [-0.3, -0.25) is 0 Å². The third kappa shape index (κ3) is 2.75. The van der Waals surface area contributed by atoms with Crippen LogP contribution in [-0.2, 0) is 17.6 Å². The summed E-state index contributed by atoms with van der Waals surface area (Å²) >= 11 is 5.39. The molecule has 0 radical (unpaired) electrons. The maximum atomic E-state index is 5.68. The number of H-pyrrole nitrogens is 1. The van der Waals surface area contributed by atoms with Crippen molar-refractivity contribution >= 4 is 12.2 Å². The van der Waals surface area contributed by atoms with Gasteiger partial charge in [-0.25, -0.2) is 4.98 Å². The first kappa shape index (κ1) is 12.7. The molecule has 0 amide bonds. The molecular weight excluding hydrogens is 232 g/mol. The fourth-order valence-electron chi connectivity index (χ4n) is 2.38. The van der Waals surface area contributed by atoms with Crippen LogP contribution in [0.25, 0.3) is 0 Å². The number of aromatic nitrogens is 2. The molecule has 1 N–H and O–H groups in total. The largest absolute Gasteiger partial charge is 0.371 e.